The quantitative estimate of drug-likeness (QED) is 0.589. The van der Waals surface area contributed by atoms with Gasteiger partial charge in [0, 0.05) is 43.4 Å². The molecule has 0 radical (unpaired) electrons. The van der Waals surface area contributed by atoms with E-state index in [-0.39, 0.29) is 11.8 Å². The van der Waals surface area contributed by atoms with E-state index in [2.05, 4.69) is 10.1 Å². The highest BCUT2D eigenvalue weighted by atomic mass is 16.4. The van der Waals surface area contributed by atoms with E-state index in [4.69, 9.17) is 5.21 Å². The second-order valence-electron chi connectivity index (χ2n) is 4.23. The molecule has 5 heteroatoms. The van der Waals surface area contributed by atoms with Crippen LogP contribution in [0.5, 0.6) is 0 Å². The van der Waals surface area contributed by atoms with Gasteiger partial charge in [-0.1, -0.05) is 12.1 Å². The minimum Gasteiger partial charge on any atom is -0.411 e. The molecule has 1 aliphatic rings. The summed E-state index contributed by atoms with van der Waals surface area (Å²) < 4.78 is 0. The number of rotatable bonds is 1. The maximum absolute atomic E-state index is 12.1. The number of carbonyl (C=O) groups is 1. The van der Waals surface area contributed by atoms with Crippen molar-refractivity contribution < 1.29 is 10.0 Å². The first-order valence-corrected chi connectivity index (χ1v) is 5.62. The molecule has 0 bridgehead atoms. The lowest BCUT2D eigenvalue weighted by Gasteiger charge is -2.31. The van der Waals surface area contributed by atoms with Crippen LogP contribution in [0.25, 0.3) is 0 Å². The van der Waals surface area contributed by atoms with Gasteiger partial charge in [-0.15, -0.1) is 0 Å². The number of nitrogens with zero attached hydrogens (tertiary/aromatic N) is 3. The number of pyridine rings is 1. The van der Waals surface area contributed by atoms with Gasteiger partial charge in [-0.3, -0.25) is 9.78 Å². The van der Waals surface area contributed by atoms with Gasteiger partial charge in [0.05, 0.1) is 5.71 Å². The van der Waals surface area contributed by atoms with Crippen molar-refractivity contribution in [3.8, 4) is 0 Å². The third kappa shape index (κ3) is 2.43. The minimum absolute atomic E-state index is 0.0104. The van der Waals surface area contributed by atoms with Crippen LogP contribution < -0.4 is 0 Å². The Bertz CT molecular complexity index is 431. The summed E-state index contributed by atoms with van der Waals surface area (Å²) in [7, 11) is 0. The van der Waals surface area contributed by atoms with E-state index in [1.54, 1.807) is 29.4 Å². The molecular weight excluding hydrogens is 218 g/mol. The zero-order valence-corrected chi connectivity index (χ0v) is 9.71. The van der Waals surface area contributed by atoms with Crippen LogP contribution in [0, 0.1) is 5.92 Å². The van der Waals surface area contributed by atoms with Gasteiger partial charge >= 0.3 is 0 Å². The van der Waals surface area contributed by atoms with E-state index in [0.29, 0.717) is 25.1 Å². The van der Waals surface area contributed by atoms with Gasteiger partial charge in [0.1, 0.15) is 0 Å². The highest BCUT2D eigenvalue weighted by Gasteiger charge is 2.26. The van der Waals surface area contributed by atoms with Crippen LogP contribution in [-0.2, 0) is 0 Å². The van der Waals surface area contributed by atoms with Gasteiger partial charge in [-0.2, -0.15) is 0 Å². The van der Waals surface area contributed by atoms with E-state index in [9.17, 15) is 4.79 Å². The van der Waals surface area contributed by atoms with Gasteiger partial charge in [-0.25, -0.2) is 0 Å². The smallest absolute Gasteiger partial charge is 0.253 e. The lowest BCUT2D eigenvalue weighted by Crippen LogP contribution is -2.43. The third-order valence-corrected chi connectivity index (χ3v) is 3.04. The van der Waals surface area contributed by atoms with Crippen molar-refractivity contribution in [2.75, 3.05) is 13.1 Å². The summed E-state index contributed by atoms with van der Waals surface area (Å²) in [4.78, 5) is 17.8. The topological polar surface area (TPSA) is 65.8 Å². The molecule has 0 aliphatic carbocycles. The monoisotopic (exact) mass is 233 g/mol. The second-order valence-corrected chi connectivity index (χ2v) is 4.23. The Hall–Kier alpha value is -1.91. The molecule has 0 aromatic carbocycles. The van der Waals surface area contributed by atoms with Gasteiger partial charge in [0.25, 0.3) is 5.91 Å². The summed E-state index contributed by atoms with van der Waals surface area (Å²) in [5.74, 6) is 0.121. The highest BCUT2D eigenvalue weighted by Crippen LogP contribution is 2.16. The van der Waals surface area contributed by atoms with Crippen molar-refractivity contribution >= 4 is 11.6 Å². The van der Waals surface area contributed by atoms with Crippen molar-refractivity contribution in [3.63, 3.8) is 0 Å². The van der Waals surface area contributed by atoms with E-state index in [0.717, 1.165) is 5.71 Å². The van der Waals surface area contributed by atoms with Crippen LogP contribution in [0.3, 0.4) is 0 Å². The second kappa shape index (κ2) is 4.95. The molecule has 0 spiro atoms. The highest BCUT2D eigenvalue weighted by molar-refractivity contribution is 5.96. The Morgan fingerprint density at radius 2 is 2.24 bits per heavy atom. The average molecular weight is 233 g/mol. The Labute approximate surface area is 99.8 Å². The number of oxime groups is 1. The Kier molecular flexibility index (Phi) is 3.37. The van der Waals surface area contributed by atoms with E-state index >= 15 is 0 Å². The summed E-state index contributed by atoms with van der Waals surface area (Å²) >= 11 is 0. The maximum Gasteiger partial charge on any atom is 0.253 e. The maximum atomic E-state index is 12.1. The van der Waals surface area contributed by atoms with Crippen molar-refractivity contribution in [3.05, 3.63) is 30.1 Å². The van der Waals surface area contributed by atoms with Crippen LogP contribution in [0.1, 0.15) is 23.7 Å². The third-order valence-electron chi connectivity index (χ3n) is 3.04. The Balaban J connectivity index is 2.08. The van der Waals surface area contributed by atoms with E-state index in [1.165, 1.54) is 0 Å². The molecule has 1 unspecified atom stereocenters. The molecule has 5 nitrogen and oxygen atoms in total. The molecule has 90 valence electrons. The molecule has 2 heterocycles. The molecule has 1 amide bonds. The summed E-state index contributed by atoms with van der Waals surface area (Å²) in [5, 5.41) is 12.0. The van der Waals surface area contributed by atoms with Crippen molar-refractivity contribution in [2.45, 2.75) is 13.3 Å². The Morgan fingerprint density at radius 3 is 2.82 bits per heavy atom. The van der Waals surface area contributed by atoms with Gasteiger partial charge in [-0.05, 0) is 12.1 Å². The lowest BCUT2D eigenvalue weighted by molar-refractivity contribution is 0.0734. The number of hydrogen-bond acceptors (Lipinski definition) is 4. The molecule has 1 aliphatic heterocycles. The molecule has 17 heavy (non-hydrogen) atoms. The molecule has 1 aromatic heterocycles. The number of likely N-dealkylation sites (tertiary alicyclic amines) is 1. The predicted molar refractivity (Wildman–Crippen MR) is 63.1 cm³/mol. The zero-order chi connectivity index (χ0) is 12.3. The fourth-order valence-electron chi connectivity index (χ4n) is 2.03. The summed E-state index contributed by atoms with van der Waals surface area (Å²) in [6.07, 6.45) is 3.86. The zero-order valence-electron chi connectivity index (χ0n) is 9.71. The first kappa shape index (κ1) is 11.6. The number of hydrogen-bond donors (Lipinski definition) is 1. The SMILES string of the molecule is CC1CN(C(=O)c2ccncc2)CC/C1=N\O. The van der Waals surface area contributed by atoms with E-state index < -0.39 is 0 Å². The first-order chi connectivity index (χ1) is 8.22. The number of carbonyl (C=O) groups excluding carboxylic acids is 1. The summed E-state index contributed by atoms with van der Waals surface area (Å²) in [6, 6.07) is 3.42. The summed E-state index contributed by atoms with van der Waals surface area (Å²) in [6.45, 7) is 3.16. The predicted octanol–water partition coefficient (Wildman–Crippen LogP) is 1.39. The van der Waals surface area contributed by atoms with Gasteiger partial charge in [0.2, 0.25) is 0 Å². The summed E-state index contributed by atoms with van der Waals surface area (Å²) in [5.41, 5.74) is 1.42. The average Bonchev–Trinajstić information content (AvgIpc) is 2.39. The lowest BCUT2D eigenvalue weighted by atomic mass is 9.97. The normalized spacial score (nSPS) is 22.8. The van der Waals surface area contributed by atoms with Crippen LogP contribution >= 0.6 is 0 Å². The molecule has 1 N–H and O–H groups in total. The molecule has 1 fully saturated rings. The number of piperidine rings is 1. The van der Waals surface area contributed by atoms with Crippen molar-refractivity contribution in [1.29, 1.82) is 0 Å². The molecule has 1 aromatic rings. The van der Waals surface area contributed by atoms with Gasteiger partial charge < -0.3 is 10.1 Å². The molecule has 2 rings (SSSR count). The minimum atomic E-state index is 0.0104. The van der Waals surface area contributed by atoms with Crippen molar-refractivity contribution in [2.24, 2.45) is 11.1 Å². The fraction of sp³-hybridized carbons (Fsp3) is 0.417. The van der Waals surface area contributed by atoms with Crippen molar-refractivity contribution in [1.82, 2.24) is 9.88 Å². The Morgan fingerprint density at radius 1 is 1.53 bits per heavy atom. The molecular formula is C12H15N3O2. The van der Waals surface area contributed by atoms with Crippen LogP contribution in [0.15, 0.2) is 29.7 Å². The fourth-order valence-corrected chi connectivity index (χ4v) is 2.03. The largest absolute Gasteiger partial charge is 0.411 e. The van der Waals surface area contributed by atoms with Crippen LogP contribution in [-0.4, -0.2) is 39.8 Å². The first-order valence-electron chi connectivity index (χ1n) is 5.62. The number of aromatic nitrogens is 1. The molecule has 0 saturated carbocycles. The van der Waals surface area contributed by atoms with Crippen LogP contribution in [0.4, 0.5) is 0 Å². The number of amides is 1. The van der Waals surface area contributed by atoms with Crippen LogP contribution in [0.2, 0.25) is 0 Å². The standard InChI is InChI=1S/C12H15N3O2/c1-9-8-15(7-4-11(9)14-17)12(16)10-2-5-13-6-3-10/h2-3,5-6,9,17H,4,7-8H2,1H3/b14-11+. The molecule has 1 atom stereocenters. The van der Waals surface area contributed by atoms with E-state index in [1.807, 2.05) is 6.92 Å². The van der Waals surface area contributed by atoms with Gasteiger partial charge in [0.15, 0.2) is 0 Å². The molecule has 1 saturated heterocycles.